The molecule has 0 heterocycles. The first-order chi connectivity index (χ1) is 8.86. The molecule has 0 spiro atoms. The lowest BCUT2D eigenvalue weighted by molar-refractivity contribution is 0.510. The first-order valence-electron chi connectivity index (χ1n) is 6.96. The third-order valence-corrected chi connectivity index (χ3v) is 3.82. The van der Waals surface area contributed by atoms with Crippen LogP contribution in [0.4, 0.5) is 0 Å². The highest BCUT2D eigenvalue weighted by Gasteiger charge is 2.21. The highest BCUT2D eigenvalue weighted by Crippen LogP contribution is 2.37. The molecule has 0 aliphatic carbocycles. The Hall–Kier alpha value is -1.56. The van der Waals surface area contributed by atoms with Crippen LogP contribution in [0.15, 0.2) is 60.7 Å². The Balaban J connectivity index is 2.31. The van der Waals surface area contributed by atoms with E-state index in [0.717, 1.165) is 0 Å². The molecule has 2 aromatic rings. The van der Waals surface area contributed by atoms with Gasteiger partial charge in [0.25, 0.3) is 0 Å². The highest BCUT2D eigenvalue weighted by atomic mass is 14.2. The third kappa shape index (κ3) is 2.81. The predicted octanol–water partition coefficient (Wildman–Crippen LogP) is 5.37. The number of hydrogen-bond donors (Lipinski definition) is 0. The van der Waals surface area contributed by atoms with Crippen LogP contribution < -0.4 is 0 Å². The van der Waals surface area contributed by atoms with E-state index in [-0.39, 0.29) is 0 Å². The monoisotopic (exact) mass is 238 g/mol. The van der Waals surface area contributed by atoms with Crippen molar-refractivity contribution in [2.24, 2.45) is 0 Å². The van der Waals surface area contributed by atoms with Gasteiger partial charge >= 0.3 is 0 Å². The molecule has 0 fully saturated rings. The van der Waals surface area contributed by atoms with E-state index < -0.39 is 0 Å². The Morgan fingerprint density at radius 1 is 0.611 bits per heavy atom. The maximum atomic E-state index is 2.29. The zero-order valence-electron chi connectivity index (χ0n) is 11.3. The number of benzene rings is 2. The van der Waals surface area contributed by atoms with Crippen LogP contribution in [0.2, 0.25) is 0 Å². The van der Waals surface area contributed by atoms with E-state index in [2.05, 4.69) is 74.5 Å². The Morgan fingerprint density at radius 2 is 0.944 bits per heavy atom. The molecule has 18 heavy (non-hydrogen) atoms. The second-order valence-corrected chi connectivity index (χ2v) is 4.85. The molecule has 94 valence electrons. The molecule has 0 aromatic heterocycles. The molecule has 0 nitrogen and oxygen atoms in total. The first kappa shape index (κ1) is 12.9. The van der Waals surface area contributed by atoms with Crippen LogP contribution in [0.25, 0.3) is 0 Å². The molecule has 2 unspecified atom stereocenters. The van der Waals surface area contributed by atoms with Crippen molar-refractivity contribution in [1.82, 2.24) is 0 Å². The highest BCUT2D eigenvalue weighted by molar-refractivity contribution is 5.28. The Morgan fingerprint density at radius 3 is 1.22 bits per heavy atom. The van der Waals surface area contributed by atoms with Crippen molar-refractivity contribution in [3.63, 3.8) is 0 Å². The van der Waals surface area contributed by atoms with Gasteiger partial charge in [-0.3, -0.25) is 0 Å². The molecule has 0 bridgehead atoms. The van der Waals surface area contributed by atoms with Crippen molar-refractivity contribution >= 4 is 0 Å². The molecule has 0 aliphatic heterocycles. The average molecular weight is 238 g/mol. The first-order valence-corrected chi connectivity index (χ1v) is 6.96. The van der Waals surface area contributed by atoms with E-state index in [1.165, 1.54) is 24.0 Å². The summed E-state index contributed by atoms with van der Waals surface area (Å²) in [6, 6.07) is 21.8. The topological polar surface area (TPSA) is 0 Å². The zero-order chi connectivity index (χ0) is 12.8. The lowest BCUT2D eigenvalue weighted by Crippen LogP contribution is -2.10. The predicted molar refractivity (Wildman–Crippen MR) is 78.9 cm³/mol. The lowest BCUT2D eigenvalue weighted by atomic mass is 9.78. The van der Waals surface area contributed by atoms with Crippen molar-refractivity contribution < 1.29 is 0 Å². The minimum atomic E-state index is 0.624. The number of hydrogen-bond acceptors (Lipinski definition) is 0. The van der Waals surface area contributed by atoms with Gasteiger partial charge < -0.3 is 0 Å². The van der Waals surface area contributed by atoms with Crippen LogP contribution in [-0.4, -0.2) is 0 Å². The van der Waals surface area contributed by atoms with E-state index in [4.69, 9.17) is 0 Å². The van der Waals surface area contributed by atoms with Gasteiger partial charge in [-0.1, -0.05) is 74.5 Å². The van der Waals surface area contributed by atoms with Crippen LogP contribution in [0, 0.1) is 0 Å². The van der Waals surface area contributed by atoms with Gasteiger partial charge in [-0.05, 0) is 35.8 Å². The SMILES string of the molecule is CCC(c1ccccc1)C(CC)c1ccccc1. The number of rotatable bonds is 5. The van der Waals surface area contributed by atoms with Gasteiger partial charge in [-0.25, -0.2) is 0 Å². The quantitative estimate of drug-likeness (QED) is 0.656. The van der Waals surface area contributed by atoms with Crippen molar-refractivity contribution in [2.75, 3.05) is 0 Å². The van der Waals surface area contributed by atoms with Gasteiger partial charge in [0.2, 0.25) is 0 Å². The maximum absolute atomic E-state index is 2.29. The molecule has 0 saturated carbocycles. The summed E-state index contributed by atoms with van der Waals surface area (Å²) in [6.45, 7) is 4.59. The van der Waals surface area contributed by atoms with Gasteiger partial charge in [-0.2, -0.15) is 0 Å². The summed E-state index contributed by atoms with van der Waals surface area (Å²) in [5.41, 5.74) is 2.94. The maximum Gasteiger partial charge on any atom is -0.00958 e. The Bertz CT molecular complexity index is 398. The zero-order valence-corrected chi connectivity index (χ0v) is 11.3. The molecule has 0 aliphatic rings. The van der Waals surface area contributed by atoms with Crippen LogP contribution in [-0.2, 0) is 0 Å². The molecule has 0 radical (unpaired) electrons. The normalized spacial score (nSPS) is 14.1. The van der Waals surface area contributed by atoms with Crippen LogP contribution in [0.1, 0.15) is 49.7 Å². The fraction of sp³-hybridized carbons (Fsp3) is 0.333. The van der Waals surface area contributed by atoms with Crippen LogP contribution in [0.3, 0.4) is 0 Å². The van der Waals surface area contributed by atoms with E-state index in [1.807, 2.05) is 0 Å². The molecule has 2 atom stereocenters. The third-order valence-electron chi connectivity index (χ3n) is 3.82. The van der Waals surface area contributed by atoms with Crippen molar-refractivity contribution in [2.45, 2.75) is 38.5 Å². The molecule has 2 rings (SSSR count). The second-order valence-electron chi connectivity index (χ2n) is 4.85. The summed E-state index contributed by atoms with van der Waals surface area (Å²) < 4.78 is 0. The molecular weight excluding hydrogens is 216 g/mol. The van der Waals surface area contributed by atoms with Gasteiger partial charge in [-0.15, -0.1) is 0 Å². The van der Waals surface area contributed by atoms with Crippen LogP contribution >= 0.6 is 0 Å². The summed E-state index contributed by atoms with van der Waals surface area (Å²) in [6.07, 6.45) is 2.38. The second kappa shape index (κ2) is 6.39. The largest absolute Gasteiger partial charge is 0.0648 e. The summed E-state index contributed by atoms with van der Waals surface area (Å²) in [5, 5.41) is 0. The minimum Gasteiger partial charge on any atom is -0.0648 e. The Kier molecular flexibility index (Phi) is 4.58. The fourth-order valence-corrected chi connectivity index (χ4v) is 2.91. The fourth-order valence-electron chi connectivity index (χ4n) is 2.91. The van der Waals surface area contributed by atoms with E-state index in [0.29, 0.717) is 11.8 Å². The van der Waals surface area contributed by atoms with E-state index in [1.54, 1.807) is 0 Å². The van der Waals surface area contributed by atoms with Gasteiger partial charge in [0.1, 0.15) is 0 Å². The van der Waals surface area contributed by atoms with E-state index in [9.17, 15) is 0 Å². The lowest BCUT2D eigenvalue weighted by Gasteiger charge is -2.26. The summed E-state index contributed by atoms with van der Waals surface area (Å²) in [5.74, 6) is 1.25. The molecule has 0 heteroatoms. The van der Waals surface area contributed by atoms with Crippen molar-refractivity contribution in [3.8, 4) is 0 Å². The van der Waals surface area contributed by atoms with Gasteiger partial charge in [0.05, 0.1) is 0 Å². The van der Waals surface area contributed by atoms with Gasteiger partial charge in [0.15, 0.2) is 0 Å². The average Bonchev–Trinajstić information content (AvgIpc) is 2.46. The smallest absolute Gasteiger partial charge is 0.00958 e. The summed E-state index contributed by atoms with van der Waals surface area (Å²) >= 11 is 0. The standard InChI is InChI=1S/C18H22/c1-3-17(15-11-7-5-8-12-15)18(4-2)16-13-9-6-10-14-16/h5-14,17-18H,3-4H2,1-2H3. The summed E-state index contributed by atoms with van der Waals surface area (Å²) in [7, 11) is 0. The van der Waals surface area contributed by atoms with Crippen LogP contribution in [0.5, 0.6) is 0 Å². The molecule has 0 N–H and O–H groups in total. The Labute approximate surface area is 111 Å². The minimum absolute atomic E-state index is 0.624. The molecule has 2 aromatic carbocycles. The molecular formula is C18H22. The summed E-state index contributed by atoms with van der Waals surface area (Å²) in [4.78, 5) is 0. The van der Waals surface area contributed by atoms with Crippen molar-refractivity contribution in [1.29, 1.82) is 0 Å². The molecule has 0 amide bonds. The van der Waals surface area contributed by atoms with Gasteiger partial charge in [0, 0.05) is 0 Å². The molecule has 0 saturated heterocycles. The van der Waals surface area contributed by atoms with E-state index >= 15 is 0 Å². The van der Waals surface area contributed by atoms with Crippen molar-refractivity contribution in [3.05, 3.63) is 71.8 Å².